The molecule has 0 atom stereocenters. The Labute approximate surface area is 121 Å². The molecule has 1 saturated heterocycles. The van der Waals surface area contributed by atoms with Gasteiger partial charge in [-0.2, -0.15) is 0 Å². The third kappa shape index (κ3) is 3.12. The van der Waals surface area contributed by atoms with Crippen molar-refractivity contribution in [3.05, 3.63) is 29.8 Å². The normalized spacial score (nSPS) is 17.1. The largest absolute Gasteiger partial charge is 0.387 e. The molecule has 1 fully saturated rings. The first-order chi connectivity index (χ1) is 9.43. The number of amides is 1. The highest BCUT2D eigenvalue weighted by Gasteiger charge is 2.28. The van der Waals surface area contributed by atoms with E-state index in [1.165, 1.54) is 0 Å². The van der Waals surface area contributed by atoms with E-state index in [1.54, 1.807) is 0 Å². The number of benzene rings is 1. The van der Waals surface area contributed by atoms with Crippen LogP contribution in [0.1, 0.15) is 31.1 Å². The quantitative estimate of drug-likeness (QED) is 0.899. The molecule has 0 radical (unpaired) electrons. The lowest BCUT2D eigenvalue weighted by Gasteiger charge is -2.42. The minimum absolute atomic E-state index is 0.128. The predicted octanol–water partition coefficient (Wildman–Crippen LogP) is 2.28. The molecular formula is C16H25N3O. The summed E-state index contributed by atoms with van der Waals surface area (Å²) in [6, 6.07) is 7.70. The molecule has 4 heteroatoms. The molecule has 1 aliphatic heterocycles. The number of nitrogens with zero attached hydrogens (tertiary/aromatic N) is 2. The van der Waals surface area contributed by atoms with Crippen LogP contribution in [0, 0.1) is 0 Å². The van der Waals surface area contributed by atoms with E-state index >= 15 is 0 Å². The molecule has 1 amide bonds. The fourth-order valence-electron chi connectivity index (χ4n) is 2.64. The highest BCUT2D eigenvalue weighted by molar-refractivity contribution is 5.99. The van der Waals surface area contributed by atoms with Crippen LogP contribution in [0.2, 0.25) is 0 Å². The average molecular weight is 275 g/mol. The summed E-state index contributed by atoms with van der Waals surface area (Å²) in [5, 5.41) is 3.09. The van der Waals surface area contributed by atoms with Crippen LogP contribution in [0.3, 0.4) is 0 Å². The molecule has 1 aromatic rings. The molecule has 1 aromatic carbocycles. The highest BCUT2D eigenvalue weighted by atomic mass is 16.2. The number of hydrogen-bond donors (Lipinski definition) is 1. The molecule has 1 aliphatic rings. The first-order valence-corrected chi connectivity index (χ1v) is 7.24. The monoisotopic (exact) mass is 275 g/mol. The first-order valence-electron chi connectivity index (χ1n) is 7.24. The van der Waals surface area contributed by atoms with Crippen molar-refractivity contribution in [1.82, 2.24) is 9.80 Å². The number of rotatable bonds is 2. The topological polar surface area (TPSA) is 35.6 Å². The van der Waals surface area contributed by atoms with Crippen LogP contribution in [0.5, 0.6) is 0 Å². The number of anilines is 1. The van der Waals surface area contributed by atoms with Crippen LogP contribution in [-0.2, 0) is 0 Å². The van der Waals surface area contributed by atoms with Crippen molar-refractivity contribution in [2.45, 2.75) is 26.3 Å². The fourth-order valence-corrected chi connectivity index (χ4v) is 2.64. The number of carbonyl (C=O) groups is 1. The zero-order chi connectivity index (χ0) is 14.8. The van der Waals surface area contributed by atoms with Crippen molar-refractivity contribution in [3.8, 4) is 0 Å². The Morgan fingerprint density at radius 1 is 1.10 bits per heavy atom. The van der Waals surface area contributed by atoms with Crippen LogP contribution in [0.25, 0.3) is 0 Å². The second kappa shape index (κ2) is 5.83. The molecule has 2 rings (SSSR count). The molecule has 0 aromatic heterocycles. The maximum Gasteiger partial charge on any atom is 0.256 e. The van der Waals surface area contributed by atoms with E-state index in [-0.39, 0.29) is 11.4 Å². The van der Waals surface area contributed by atoms with Crippen LogP contribution >= 0.6 is 0 Å². The standard InChI is InChI=1S/C16H25N3O/c1-16(2,3)19-11-9-18(10-12-19)15(20)13-7-5-6-8-14(13)17-4/h5-8,17H,9-12H2,1-4H3. The SMILES string of the molecule is CNc1ccccc1C(=O)N1CCN(C(C)(C)C)CC1. The average Bonchev–Trinajstić information content (AvgIpc) is 2.45. The summed E-state index contributed by atoms with van der Waals surface area (Å²) in [6.07, 6.45) is 0. The van der Waals surface area contributed by atoms with Crippen LogP contribution in [0.15, 0.2) is 24.3 Å². The zero-order valence-corrected chi connectivity index (χ0v) is 12.9. The van der Waals surface area contributed by atoms with E-state index in [0.717, 1.165) is 37.4 Å². The molecule has 0 spiro atoms. The number of piperazine rings is 1. The van der Waals surface area contributed by atoms with Crippen molar-refractivity contribution in [2.75, 3.05) is 38.5 Å². The molecular weight excluding hydrogens is 250 g/mol. The molecule has 0 aliphatic carbocycles. The number of hydrogen-bond acceptors (Lipinski definition) is 3. The molecule has 110 valence electrons. The first kappa shape index (κ1) is 14.9. The second-order valence-electron chi connectivity index (χ2n) is 6.25. The maximum atomic E-state index is 12.6. The highest BCUT2D eigenvalue weighted by Crippen LogP contribution is 2.20. The number of nitrogens with one attached hydrogen (secondary N) is 1. The van der Waals surface area contributed by atoms with Crippen molar-refractivity contribution in [3.63, 3.8) is 0 Å². The Bertz CT molecular complexity index is 471. The van der Waals surface area contributed by atoms with Gasteiger partial charge in [-0.15, -0.1) is 0 Å². The zero-order valence-electron chi connectivity index (χ0n) is 12.9. The van der Waals surface area contributed by atoms with Crippen molar-refractivity contribution in [1.29, 1.82) is 0 Å². The minimum atomic E-state index is 0.128. The van der Waals surface area contributed by atoms with Gasteiger partial charge in [-0.05, 0) is 32.9 Å². The summed E-state index contributed by atoms with van der Waals surface area (Å²) in [7, 11) is 1.85. The lowest BCUT2D eigenvalue weighted by Crippen LogP contribution is -2.54. The lowest BCUT2D eigenvalue weighted by molar-refractivity contribution is 0.0452. The summed E-state index contributed by atoms with van der Waals surface area (Å²) in [6.45, 7) is 10.2. The van der Waals surface area contributed by atoms with Gasteiger partial charge in [0.05, 0.1) is 5.56 Å². The van der Waals surface area contributed by atoms with Gasteiger partial charge in [-0.3, -0.25) is 9.69 Å². The Morgan fingerprint density at radius 2 is 1.70 bits per heavy atom. The van der Waals surface area contributed by atoms with Gasteiger partial charge in [0.2, 0.25) is 0 Å². The Kier molecular flexibility index (Phi) is 4.33. The van der Waals surface area contributed by atoms with Crippen molar-refractivity contribution >= 4 is 11.6 Å². The van der Waals surface area contributed by atoms with Gasteiger partial charge < -0.3 is 10.2 Å². The van der Waals surface area contributed by atoms with Gasteiger partial charge in [0.1, 0.15) is 0 Å². The molecule has 20 heavy (non-hydrogen) atoms. The number of para-hydroxylation sites is 1. The third-order valence-electron chi connectivity index (χ3n) is 3.94. The van der Waals surface area contributed by atoms with Crippen molar-refractivity contribution in [2.24, 2.45) is 0 Å². The van der Waals surface area contributed by atoms with Gasteiger partial charge in [0, 0.05) is 44.5 Å². The minimum Gasteiger partial charge on any atom is -0.387 e. The summed E-state index contributed by atoms with van der Waals surface area (Å²) in [5.74, 6) is 0.128. The van der Waals surface area contributed by atoms with E-state index in [1.807, 2.05) is 36.2 Å². The van der Waals surface area contributed by atoms with Gasteiger partial charge >= 0.3 is 0 Å². The Hall–Kier alpha value is -1.55. The van der Waals surface area contributed by atoms with Gasteiger partial charge in [-0.1, -0.05) is 12.1 Å². The van der Waals surface area contributed by atoms with E-state index < -0.39 is 0 Å². The summed E-state index contributed by atoms with van der Waals surface area (Å²) in [5.41, 5.74) is 1.84. The van der Waals surface area contributed by atoms with Gasteiger partial charge in [0.15, 0.2) is 0 Å². The van der Waals surface area contributed by atoms with E-state index in [9.17, 15) is 4.79 Å². The Balaban J connectivity index is 2.05. The lowest BCUT2D eigenvalue weighted by atomic mass is 10.0. The summed E-state index contributed by atoms with van der Waals surface area (Å²) < 4.78 is 0. The fraction of sp³-hybridized carbons (Fsp3) is 0.562. The second-order valence-corrected chi connectivity index (χ2v) is 6.25. The molecule has 1 N–H and O–H groups in total. The van der Waals surface area contributed by atoms with Crippen LogP contribution < -0.4 is 5.32 Å². The molecule has 0 saturated carbocycles. The molecule has 0 unspecified atom stereocenters. The molecule has 4 nitrogen and oxygen atoms in total. The van der Waals surface area contributed by atoms with Crippen LogP contribution in [0.4, 0.5) is 5.69 Å². The molecule has 0 bridgehead atoms. The van der Waals surface area contributed by atoms with E-state index in [0.29, 0.717) is 0 Å². The summed E-state index contributed by atoms with van der Waals surface area (Å²) >= 11 is 0. The maximum absolute atomic E-state index is 12.6. The van der Waals surface area contributed by atoms with E-state index in [4.69, 9.17) is 0 Å². The third-order valence-corrected chi connectivity index (χ3v) is 3.94. The predicted molar refractivity (Wildman–Crippen MR) is 83.2 cm³/mol. The molecule has 1 heterocycles. The van der Waals surface area contributed by atoms with Crippen molar-refractivity contribution < 1.29 is 4.79 Å². The summed E-state index contributed by atoms with van der Waals surface area (Å²) in [4.78, 5) is 17.0. The van der Waals surface area contributed by atoms with Gasteiger partial charge in [0.25, 0.3) is 5.91 Å². The Morgan fingerprint density at radius 3 is 2.25 bits per heavy atom. The van der Waals surface area contributed by atoms with E-state index in [2.05, 4.69) is 31.0 Å². The van der Waals surface area contributed by atoms with Gasteiger partial charge in [-0.25, -0.2) is 0 Å². The number of carbonyl (C=O) groups excluding carboxylic acids is 1. The smallest absolute Gasteiger partial charge is 0.256 e. The van der Waals surface area contributed by atoms with Crippen LogP contribution in [-0.4, -0.2) is 54.5 Å².